The fraction of sp³-hybridized carbons (Fsp3) is 0.150. The zero-order valence-electron chi connectivity index (χ0n) is 14.5. The maximum atomic E-state index is 12.6. The van der Waals surface area contributed by atoms with Gasteiger partial charge in [-0.05, 0) is 18.1 Å². The minimum atomic E-state index is -0.139. The van der Waals surface area contributed by atoms with Crippen LogP contribution in [0, 0.1) is 6.92 Å². The number of aromatic nitrogens is 2. The predicted molar refractivity (Wildman–Crippen MR) is 100 cm³/mol. The number of carbonyl (C=O) groups excluding carboxylic acids is 1. The molecule has 0 aliphatic rings. The Morgan fingerprint density at radius 2 is 1.44 bits per heavy atom. The van der Waals surface area contributed by atoms with E-state index in [1.54, 1.807) is 21.0 Å². The van der Waals surface area contributed by atoms with Crippen molar-refractivity contribution in [3.05, 3.63) is 65.9 Å². The Balaban J connectivity index is 2.09. The van der Waals surface area contributed by atoms with E-state index in [1.165, 1.54) is 4.90 Å². The molecule has 3 rings (SSSR count). The van der Waals surface area contributed by atoms with Gasteiger partial charge in [-0.25, -0.2) is 9.97 Å². The van der Waals surface area contributed by atoms with Crippen molar-refractivity contribution in [1.29, 1.82) is 0 Å². The Kier molecular flexibility index (Phi) is 4.48. The lowest BCUT2D eigenvalue weighted by Gasteiger charge is -2.16. The summed E-state index contributed by atoms with van der Waals surface area (Å²) in [5, 5.41) is 0. The van der Waals surface area contributed by atoms with Crippen molar-refractivity contribution in [1.82, 2.24) is 14.9 Å². The molecule has 0 atom stereocenters. The molecule has 2 aromatic carbocycles. The second-order valence-corrected chi connectivity index (χ2v) is 6.03. The molecule has 0 bridgehead atoms. The zero-order valence-corrected chi connectivity index (χ0v) is 14.5. The molecule has 1 amide bonds. The molecule has 1 aromatic heterocycles. The van der Waals surface area contributed by atoms with Crippen molar-refractivity contribution in [3.63, 3.8) is 0 Å². The summed E-state index contributed by atoms with van der Waals surface area (Å²) in [6.07, 6.45) is 0. The molecule has 0 saturated heterocycles. The average molecular weight is 332 g/mol. The summed E-state index contributed by atoms with van der Waals surface area (Å²) in [7, 11) is 3.42. The molecular formula is C20H20N4O. The van der Waals surface area contributed by atoms with Gasteiger partial charge < -0.3 is 10.6 Å². The molecule has 0 fully saturated rings. The highest BCUT2D eigenvalue weighted by atomic mass is 16.2. The number of nitrogens with zero attached hydrogens (tertiary/aromatic N) is 3. The first-order valence-corrected chi connectivity index (χ1v) is 7.99. The second kappa shape index (κ2) is 6.73. The van der Waals surface area contributed by atoms with Crippen LogP contribution in [0.5, 0.6) is 0 Å². The Hall–Kier alpha value is -3.21. The summed E-state index contributed by atoms with van der Waals surface area (Å²) in [5.41, 5.74) is 10.5. The highest BCUT2D eigenvalue weighted by Gasteiger charge is 2.20. The van der Waals surface area contributed by atoms with Gasteiger partial charge in [0.25, 0.3) is 5.91 Å². The van der Waals surface area contributed by atoms with E-state index in [4.69, 9.17) is 5.73 Å². The number of nitrogen functional groups attached to an aromatic ring is 1. The van der Waals surface area contributed by atoms with Gasteiger partial charge >= 0.3 is 0 Å². The van der Waals surface area contributed by atoms with Crippen LogP contribution in [0.3, 0.4) is 0 Å². The van der Waals surface area contributed by atoms with Gasteiger partial charge in [0.15, 0.2) is 0 Å². The van der Waals surface area contributed by atoms with Crippen molar-refractivity contribution < 1.29 is 4.79 Å². The first kappa shape index (κ1) is 16.6. The maximum Gasteiger partial charge on any atom is 0.257 e. The first-order valence-electron chi connectivity index (χ1n) is 7.99. The summed E-state index contributed by atoms with van der Waals surface area (Å²) >= 11 is 0. The molecule has 5 heteroatoms. The van der Waals surface area contributed by atoms with Gasteiger partial charge in [-0.2, -0.15) is 0 Å². The van der Waals surface area contributed by atoms with E-state index in [-0.39, 0.29) is 11.9 Å². The first-order chi connectivity index (χ1) is 12.0. The Morgan fingerprint density at radius 3 is 2.04 bits per heavy atom. The van der Waals surface area contributed by atoms with Crippen LogP contribution in [-0.2, 0) is 0 Å². The molecule has 0 aliphatic carbocycles. The molecule has 0 aliphatic heterocycles. The number of carbonyl (C=O) groups is 1. The third kappa shape index (κ3) is 3.35. The Bertz CT molecular complexity index is 903. The fourth-order valence-electron chi connectivity index (χ4n) is 2.73. The van der Waals surface area contributed by atoms with Crippen LogP contribution in [0.2, 0.25) is 0 Å². The maximum absolute atomic E-state index is 12.6. The lowest BCUT2D eigenvalue weighted by Crippen LogP contribution is -2.24. The molecule has 126 valence electrons. The normalized spacial score (nSPS) is 10.5. The monoisotopic (exact) mass is 332 g/mol. The quantitative estimate of drug-likeness (QED) is 0.798. The van der Waals surface area contributed by atoms with E-state index in [2.05, 4.69) is 22.1 Å². The highest BCUT2D eigenvalue weighted by Crippen LogP contribution is 2.28. The van der Waals surface area contributed by atoms with Crippen LogP contribution < -0.4 is 5.73 Å². The van der Waals surface area contributed by atoms with E-state index < -0.39 is 0 Å². The van der Waals surface area contributed by atoms with Gasteiger partial charge in [-0.3, -0.25) is 4.79 Å². The van der Waals surface area contributed by atoms with Crippen LogP contribution in [0.15, 0.2) is 54.6 Å². The number of amides is 1. The molecule has 0 radical (unpaired) electrons. The Labute approximate surface area is 147 Å². The molecule has 0 saturated carbocycles. The zero-order chi connectivity index (χ0) is 18.0. The standard InChI is InChI=1S/C20H20N4O/c1-13-17(19(25)24(2)3)18(23-20(21)22-13)16-11-9-15(10-12-16)14-7-5-4-6-8-14/h4-12H,1-3H3,(H2,21,22,23). The molecule has 1 heterocycles. The second-order valence-electron chi connectivity index (χ2n) is 6.03. The summed E-state index contributed by atoms with van der Waals surface area (Å²) < 4.78 is 0. The van der Waals surface area contributed by atoms with Gasteiger partial charge in [0.1, 0.15) is 0 Å². The lowest BCUT2D eigenvalue weighted by atomic mass is 9.99. The fourth-order valence-corrected chi connectivity index (χ4v) is 2.73. The largest absolute Gasteiger partial charge is 0.368 e. The van der Waals surface area contributed by atoms with Gasteiger partial charge in [0.2, 0.25) is 5.95 Å². The van der Waals surface area contributed by atoms with Crippen LogP contribution in [0.4, 0.5) is 5.95 Å². The van der Waals surface area contributed by atoms with E-state index >= 15 is 0 Å². The topological polar surface area (TPSA) is 72.1 Å². The molecule has 5 nitrogen and oxygen atoms in total. The molecule has 0 spiro atoms. The minimum Gasteiger partial charge on any atom is -0.368 e. The van der Waals surface area contributed by atoms with E-state index in [9.17, 15) is 4.79 Å². The summed E-state index contributed by atoms with van der Waals surface area (Å²) in [4.78, 5) is 22.6. The number of hydrogen-bond acceptors (Lipinski definition) is 4. The third-order valence-electron chi connectivity index (χ3n) is 3.99. The molecule has 3 aromatic rings. The average Bonchev–Trinajstić information content (AvgIpc) is 2.61. The van der Waals surface area contributed by atoms with E-state index in [0.717, 1.165) is 16.7 Å². The van der Waals surface area contributed by atoms with Crippen LogP contribution in [-0.4, -0.2) is 34.9 Å². The molecule has 25 heavy (non-hydrogen) atoms. The number of benzene rings is 2. The number of aryl methyl sites for hydroxylation is 1. The molecule has 2 N–H and O–H groups in total. The van der Waals surface area contributed by atoms with Gasteiger partial charge in [-0.15, -0.1) is 0 Å². The number of anilines is 1. The predicted octanol–water partition coefficient (Wildman–Crippen LogP) is 3.40. The van der Waals surface area contributed by atoms with Crippen LogP contribution >= 0.6 is 0 Å². The van der Waals surface area contributed by atoms with Crippen LogP contribution in [0.25, 0.3) is 22.4 Å². The lowest BCUT2D eigenvalue weighted by molar-refractivity contribution is 0.0827. The summed E-state index contributed by atoms with van der Waals surface area (Å²) in [6.45, 7) is 1.77. The van der Waals surface area contributed by atoms with Crippen molar-refractivity contribution in [2.75, 3.05) is 19.8 Å². The van der Waals surface area contributed by atoms with Crippen molar-refractivity contribution in [2.24, 2.45) is 0 Å². The van der Waals surface area contributed by atoms with Gasteiger partial charge in [0, 0.05) is 19.7 Å². The van der Waals surface area contributed by atoms with E-state index in [1.807, 2.05) is 42.5 Å². The summed E-state index contributed by atoms with van der Waals surface area (Å²) in [6, 6.07) is 18.1. The highest BCUT2D eigenvalue weighted by molar-refractivity contribution is 6.00. The van der Waals surface area contributed by atoms with Gasteiger partial charge in [0.05, 0.1) is 17.0 Å². The molecular weight excluding hydrogens is 312 g/mol. The number of hydrogen-bond donors (Lipinski definition) is 1. The molecule has 0 unspecified atom stereocenters. The smallest absolute Gasteiger partial charge is 0.257 e. The van der Waals surface area contributed by atoms with Crippen LogP contribution in [0.1, 0.15) is 16.1 Å². The van der Waals surface area contributed by atoms with E-state index in [0.29, 0.717) is 17.0 Å². The van der Waals surface area contributed by atoms with Crippen molar-refractivity contribution in [3.8, 4) is 22.4 Å². The Morgan fingerprint density at radius 1 is 0.880 bits per heavy atom. The van der Waals surface area contributed by atoms with Crippen molar-refractivity contribution >= 4 is 11.9 Å². The SMILES string of the molecule is Cc1nc(N)nc(-c2ccc(-c3ccccc3)cc2)c1C(=O)N(C)C. The van der Waals surface area contributed by atoms with Gasteiger partial charge in [-0.1, -0.05) is 54.6 Å². The minimum absolute atomic E-state index is 0.139. The number of rotatable bonds is 3. The summed E-state index contributed by atoms with van der Waals surface area (Å²) in [5.74, 6) is 0.0228. The number of nitrogens with two attached hydrogens (primary N) is 1. The van der Waals surface area contributed by atoms with Crippen molar-refractivity contribution in [2.45, 2.75) is 6.92 Å². The third-order valence-corrected chi connectivity index (χ3v) is 3.99.